The molecule has 1 unspecified atom stereocenters. The van der Waals surface area contributed by atoms with Crippen molar-refractivity contribution in [3.05, 3.63) is 83.4 Å². The average molecular weight is 757 g/mol. The molecule has 6 atom stereocenters. The molecule has 3 aliphatic rings. The first kappa shape index (κ1) is 40.1. The highest BCUT2D eigenvalue weighted by molar-refractivity contribution is 5.98. The third-order valence-electron chi connectivity index (χ3n) is 9.92. The smallest absolute Gasteiger partial charge is 0.245 e. The average Bonchev–Trinajstić information content (AvgIpc) is 3.17. The maximum absolute atomic E-state index is 14.3. The molecular formula is C40H48N6O9. The topological polar surface area (TPSA) is 185 Å². The number of carbonyl (C=O) groups is 6. The third-order valence-corrected chi connectivity index (χ3v) is 9.92. The summed E-state index contributed by atoms with van der Waals surface area (Å²) >= 11 is 0. The lowest BCUT2D eigenvalue weighted by atomic mass is 10.00. The number of carbonyl (C=O) groups excluding carboxylic acids is 6. The molecule has 3 heterocycles. The van der Waals surface area contributed by atoms with E-state index >= 15 is 0 Å². The van der Waals surface area contributed by atoms with Crippen LogP contribution in [0.5, 0.6) is 23.0 Å². The van der Waals surface area contributed by atoms with Gasteiger partial charge in [-0.25, -0.2) is 0 Å². The molecule has 0 radical (unpaired) electrons. The molecule has 15 nitrogen and oxygen atoms in total. The molecule has 0 spiro atoms. The molecule has 1 saturated heterocycles. The molecule has 6 bridgehead atoms. The first-order chi connectivity index (χ1) is 26.2. The quantitative estimate of drug-likeness (QED) is 0.307. The number of ether oxygens (including phenoxy) is 3. The van der Waals surface area contributed by atoms with Gasteiger partial charge in [-0.1, -0.05) is 30.3 Å². The van der Waals surface area contributed by atoms with Crippen molar-refractivity contribution in [3.8, 4) is 23.0 Å². The fraction of sp³-hybridized carbons (Fsp3) is 0.400. The Morgan fingerprint density at radius 1 is 0.636 bits per heavy atom. The van der Waals surface area contributed by atoms with Gasteiger partial charge in [-0.15, -0.1) is 0 Å². The number of hydrogen-bond donors (Lipinski definition) is 4. The zero-order valence-electron chi connectivity index (χ0n) is 32.0. The van der Waals surface area contributed by atoms with Crippen molar-refractivity contribution < 1.29 is 43.0 Å². The lowest BCUT2D eigenvalue weighted by molar-refractivity contribution is -0.145. The Bertz CT molecular complexity index is 1920. The highest BCUT2D eigenvalue weighted by atomic mass is 16.5. The molecule has 6 rings (SSSR count). The molecule has 292 valence electrons. The summed E-state index contributed by atoms with van der Waals surface area (Å²) in [5, 5.41) is 10.9. The Balaban J connectivity index is 1.55. The molecular weight excluding hydrogens is 708 g/mol. The van der Waals surface area contributed by atoms with E-state index in [-0.39, 0.29) is 19.3 Å². The van der Waals surface area contributed by atoms with E-state index in [9.17, 15) is 28.8 Å². The van der Waals surface area contributed by atoms with E-state index in [1.54, 1.807) is 66.7 Å². The van der Waals surface area contributed by atoms with Gasteiger partial charge in [-0.3, -0.25) is 28.8 Å². The van der Waals surface area contributed by atoms with E-state index in [0.717, 1.165) is 0 Å². The second-order valence-corrected chi connectivity index (χ2v) is 13.9. The number of rotatable bonds is 4. The van der Waals surface area contributed by atoms with Gasteiger partial charge in [0.05, 0.1) is 14.2 Å². The predicted octanol–water partition coefficient (Wildman–Crippen LogP) is 1.50. The summed E-state index contributed by atoms with van der Waals surface area (Å²) in [6.07, 6.45) is 0.103. The number of nitrogens with zero attached hydrogens (tertiary/aromatic N) is 2. The van der Waals surface area contributed by atoms with Crippen molar-refractivity contribution in [2.24, 2.45) is 0 Å². The van der Waals surface area contributed by atoms with E-state index in [4.69, 9.17) is 14.2 Å². The largest absolute Gasteiger partial charge is 0.497 e. The van der Waals surface area contributed by atoms with Gasteiger partial charge in [0.15, 0.2) is 11.5 Å². The van der Waals surface area contributed by atoms with Crippen LogP contribution in [0.25, 0.3) is 0 Å². The fourth-order valence-electron chi connectivity index (χ4n) is 6.55. The van der Waals surface area contributed by atoms with E-state index in [1.165, 1.54) is 58.9 Å². The van der Waals surface area contributed by atoms with Crippen LogP contribution in [0.1, 0.15) is 37.5 Å². The van der Waals surface area contributed by atoms with Gasteiger partial charge in [-0.2, -0.15) is 0 Å². The number of likely N-dealkylation sites (N-methyl/N-ethyl adjacent to an activating group) is 2. The fourth-order valence-corrected chi connectivity index (χ4v) is 6.55. The number of nitrogens with one attached hydrogen (secondary N) is 4. The lowest BCUT2D eigenvalue weighted by Crippen LogP contribution is -2.61. The Morgan fingerprint density at radius 3 is 1.87 bits per heavy atom. The molecule has 0 aliphatic carbocycles. The number of fused-ring (bicyclic) bond motifs is 2. The molecule has 3 aliphatic heterocycles. The van der Waals surface area contributed by atoms with Crippen molar-refractivity contribution in [1.82, 2.24) is 31.1 Å². The van der Waals surface area contributed by atoms with Gasteiger partial charge < -0.3 is 45.3 Å². The Morgan fingerprint density at radius 2 is 1.24 bits per heavy atom. The normalized spacial score (nSPS) is 24.3. The van der Waals surface area contributed by atoms with Crippen molar-refractivity contribution in [2.75, 3.05) is 28.3 Å². The second kappa shape index (κ2) is 17.3. The summed E-state index contributed by atoms with van der Waals surface area (Å²) in [7, 11) is 5.94. The number of methoxy groups -OCH3 is 2. The van der Waals surface area contributed by atoms with Crippen LogP contribution in [0, 0.1) is 0 Å². The minimum Gasteiger partial charge on any atom is -0.497 e. The van der Waals surface area contributed by atoms with E-state index < -0.39 is 71.7 Å². The second-order valence-electron chi connectivity index (χ2n) is 13.9. The summed E-state index contributed by atoms with van der Waals surface area (Å²) in [6.45, 7) is 4.43. The van der Waals surface area contributed by atoms with Gasteiger partial charge in [0, 0.05) is 33.4 Å². The summed E-state index contributed by atoms with van der Waals surface area (Å²) in [6, 6.07) is 12.3. The van der Waals surface area contributed by atoms with Crippen molar-refractivity contribution in [2.45, 2.75) is 76.3 Å². The zero-order chi connectivity index (χ0) is 40.0. The van der Waals surface area contributed by atoms with Gasteiger partial charge in [0.1, 0.15) is 47.8 Å². The molecule has 15 heteroatoms. The number of benzene rings is 3. The van der Waals surface area contributed by atoms with Crippen LogP contribution in [0.4, 0.5) is 0 Å². The van der Waals surface area contributed by atoms with Gasteiger partial charge >= 0.3 is 0 Å². The summed E-state index contributed by atoms with van der Waals surface area (Å²) in [5.74, 6) is -1.80. The molecule has 1 fully saturated rings. The Kier molecular flexibility index (Phi) is 12.6. The molecule has 6 amide bonds. The number of hydrogen-bond acceptors (Lipinski definition) is 9. The van der Waals surface area contributed by atoms with Gasteiger partial charge in [-0.05, 0) is 73.9 Å². The molecule has 4 N–H and O–H groups in total. The van der Waals surface area contributed by atoms with Crippen LogP contribution in [0.15, 0.2) is 66.7 Å². The molecule has 0 aromatic heterocycles. The van der Waals surface area contributed by atoms with Crippen LogP contribution in [0.3, 0.4) is 0 Å². The van der Waals surface area contributed by atoms with Crippen molar-refractivity contribution in [3.63, 3.8) is 0 Å². The van der Waals surface area contributed by atoms with E-state index in [2.05, 4.69) is 21.3 Å². The highest BCUT2D eigenvalue weighted by Gasteiger charge is 2.37. The maximum Gasteiger partial charge on any atom is 0.245 e. The van der Waals surface area contributed by atoms with Gasteiger partial charge in [0.25, 0.3) is 0 Å². The Labute approximate surface area is 320 Å². The lowest BCUT2D eigenvalue weighted by Gasteiger charge is -2.34. The predicted molar refractivity (Wildman–Crippen MR) is 201 cm³/mol. The first-order valence-electron chi connectivity index (χ1n) is 18.0. The standard InChI is InChI=1S/C40H48N6O9/c1-22-35(47)42-23(2)39(51)45(4)31(19-25-8-13-28(53-6)14-9-25)37(49)43-24(3)40(52)46(5)32-20-26-10-15-29(16-11-26)55-34-21-27(12-17-33(34)54-7)18-30(36(48)41-22)44-38(32)50/h8-17,21-24,30-32H,18-20H2,1-7H3,(H,41,48)(H,42,47)(H,43,49)(H,44,50)/t22-,23+,24+,30+,31+,32?/m1/s1. The van der Waals surface area contributed by atoms with E-state index in [1.807, 2.05) is 0 Å². The van der Waals surface area contributed by atoms with Crippen LogP contribution in [-0.4, -0.2) is 110 Å². The van der Waals surface area contributed by atoms with Crippen LogP contribution < -0.4 is 35.5 Å². The Hall–Kier alpha value is -6.12. The zero-order valence-corrected chi connectivity index (χ0v) is 32.0. The number of amides is 6. The van der Waals surface area contributed by atoms with Crippen LogP contribution in [-0.2, 0) is 48.0 Å². The molecule has 0 saturated carbocycles. The molecule has 3 aromatic rings. The van der Waals surface area contributed by atoms with Crippen LogP contribution >= 0.6 is 0 Å². The monoisotopic (exact) mass is 756 g/mol. The molecule has 3 aromatic carbocycles. The summed E-state index contributed by atoms with van der Waals surface area (Å²) in [5.41, 5.74) is 2.00. The van der Waals surface area contributed by atoms with Gasteiger partial charge in [0.2, 0.25) is 35.4 Å². The van der Waals surface area contributed by atoms with Crippen molar-refractivity contribution >= 4 is 35.4 Å². The summed E-state index contributed by atoms with van der Waals surface area (Å²) < 4.78 is 16.9. The maximum atomic E-state index is 14.3. The summed E-state index contributed by atoms with van der Waals surface area (Å²) in [4.78, 5) is 85.9. The first-order valence-corrected chi connectivity index (χ1v) is 18.0. The third kappa shape index (κ3) is 9.52. The van der Waals surface area contributed by atoms with Crippen LogP contribution in [0.2, 0.25) is 0 Å². The highest BCUT2D eigenvalue weighted by Crippen LogP contribution is 2.33. The van der Waals surface area contributed by atoms with E-state index in [0.29, 0.717) is 39.7 Å². The SMILES string of the molecule is COc1ccc(C[C@H]2C(=O)N[C@@H](C)C(=O)N(C)C3Cc4ccc(cc4)Oc4cc(ccc4OC)C[C@H](NC3=O)C(=O)N[C@H](C)C(=O)N[C@@H](C)C(=O)N2C)cc1. The van der Waals surface area contributed by atoms with Crippen molar-refractivity contribution in [1.29, 1.82) is 0 Å². The molecule has 55 heavy (non-hydrogen) atoms. The minimum atomic E-state index is -1.21. The minimum absolute atomic E-state index is 0.0179.